The highest BCUT2D eigenvalue weighted by molar-refractivity contribution is 5.47. The summed E-state index contributed by atoms with van der Waals surface area (Å²) in [6, 6.07) is 4.64. The molecule has 0 saturated carbocycles. The maximum absolute atomic E-state index is 13.5. The van der Waals surface area contributed by atoms with Crippen LogP contribution in [0.15, 0.2) is 18.2 Å². The molecule has 0 amide bonds. The number of piperidine rings is 1. The first-order chi connectivity index (χ1) is 12.1. The molecule has 4 nitrogen and oxygen atoms in total. The van der Waals surface area contributed by atoms with Gasteiger partial charge in [-0.05, 0) is 31.4 Å². The van der Waals surface area contributed by atoms with Crippen LogP contribution in [0.25, 0.3) is 0 Å². The second kappa shape index (κ2) is 6.82. The van der Waals surface area contributed by atoms with Gasteiger partial charge in [0, 0.05) is 61.9 Å². The van der Waals surface area contributed by atoms with Crippen molar-refractivity contribution >= 4 is 5.69 Å². The number of rotatable bonds is 3. The normalized spacial score (nSPS) is 31.3. The van der Waals surface area contributed by atoms with E-state index in [4.69, 9.17) is 4.74 Å². The lowest BCUT2D eigenvalue weighted by molar-refractivity contribution is -0.0419. The molecular weight excluding hydrogens is 326 g/mol. The molecule has 3 fully saturated rings. The van der Waals surface area contributed by atoms with E-state index in [1.165, 1.54) is 12.1 Å². The summed E-state index contributed by atoms with van der Waals surface area (Å²) in [5, 5.41) is 9.95. The van der Waals surface area contributed by atoms with E-state index in [1.54, 1.807) is 6.07 Å². The molecule has 0 aromatic heterocycles. The highest BCUT2D eigenvalue weighted by atomic mass is 19.2. The Kier molecular flexibility index (Phi) is 4.69. The Labute approximate surface area is 147 Å². The molecule has 4 rings (SSSR count). The van der Waals surface area contributed by atoms with Gasteiger partial charge in [-0.2, -0.15) is 0 Å². The summed E-state index contributed by atoms with van der Waals surface area (Å²) in [5.74, 6) is -1.15. The van der Waals surface area contributed by atoms with Crippen LogP contribution in [0, 0.1) is 23.0 Å². The SMILES string of the molecule is OC[C@]12CCOC[C@H]1CN(C1CCN(c3ccc(F)c(F)c3)CC1)C2. The van der Waals surface area contributed by atoms with Crippen molar-refractivity contribution < 1.29 is 18.6 Å². The third-order valence-electron chi connectivity index (χ3n) is 6.47. The van der Waals surface area contributed by atoms with Crippen LogP contribution in [-0.2, 0) is 4.74 Å². The number of halogens is 2. The summed E-state index contributed by atoms with van der Waals surface area (Å²) in [5.41, 5.74) is 0.766. The van der Waals surface area contributed by atoms with Crippen LogP contribution in [0.1, 0.15) is 19.3 Å². The number of hydrogen-bond acceptors (Lipinski definition) is 4. The molecule has 0 bridgehead atoms. The number of nitrogens with zero attached hydrogens (tertiary/aromatic N) is 2. The first-order valence-electron chi connectivity index (χ1n) is 9.24. The van der Waals surface area contributed by atoms with Gasteiger partial charge in [-0.3, -0.25) is 4.90 Å². The standard InChI is InChI=1S/C19H26F2N2O2/c20-17-2-1-16(9-18(17)21)22-6-3-15(4-7-22)23-10-14-11-25-8-5-19(14,12-23)13-24/h1-2,9,14-15,24H,3-8,10-13H2/t14-,19-/m1/s1. The fourth-order valence-electron chi connectivity index (χ4n) is 4.80. The highest BCUT2D eigenvalue weighted by Gasteiger charge is 2.49. The van der Waals surface area contributed by atoms with Crippen molar-refractivity contribution in [3.8, 4) is 0 Å². The molecule has 0 spiro atoms. The van der Waals surface area contributed by atoms with Crippen molar-refractivity contribution in [2.24, 2.45) is 11.3 Å². The third kappa shape index (κ3) is 3.15. The predicted octanol–water partition coefficient (Wildman–Crippen LogP) is 2.26. The monoisotopic (exact) mass is 352 g/mol. The van der Waals surface area contributed by atoms with Gasteiger partial charge in [0.2, 0.25) is 0 Å². The second-order valence-corrected chi connectivity index (χ2v) is 7.79. The molecule has 0 unspecified atom stereocenters. The largest absolute Gasteiger partial charge is 0.396 e. The lowest BCUT2D eigenvalue weighted by Gasteiger charge is -2.39. The summed E-state index contributed by atoms with van der Waals surface area (Å²) in [6.45, 7) is 5.39. The van der Waals surface area contributed by atoms with E-state index in [2.05, 4.69) is 9.80 Å². The average molecular weight is 352 g/mol. The Balaban J connectivity index is 1.38. The molecule has 1 aromatic rings. The van der Waals surface area contributed by atoms with Crippen LogP contribution in [0.2, 0.25) is 0 Å². The molecule has 1 aromatic carbocycles. The molecule has 6 heteroatoms. The minimum atomic E-state index is -0.796. The molecule has 25 heavy (non-hydrogen) atoms. The van der Waals surface area contributed by atoms with Gasteiger partial charge in [0.05, 0.1) is 13.2 Å². The van der Waals surface area contributed by atoms with Crippen molar-refractivity contribution in [2.45, 2.75) is 25.3 Å². The number of aliphatic hydroxyl groups is 1. The van der Waals surface area contributed by atoms with Crippen LogP contribution in [-0.4, -0.2) is 62.0 Å². The summed E-state index contributed by atoms with van der Waals surface area (Å²) in [4.78, 5) is 4.66. The Morgan fingerprint density at radius 2 is 2.00 bits per heavy atom. The number of likely N-dealkylation sites (tertiary alicyclic amines) is 1. The van der Waals surface area contributed by atoms with Gasteiger partial charge in [-0.1, -0.05) is 0 Å². The molecule has 3 aliphatic rings. The number of anilines is 1. The van der Waals surface area contributed by atoms with Crippen LogP contribution in [0.5, 0.6) is 0 Å². The Morgan fingerprint density at radius 3 is 2.68 bits per heavy atom. The number of ether oxygens (including phenoxy) is 1. The quantitative estimate of drug-likeness (QED) is 0.905. The van der Waals surface area contributed by atoms with Crippen LogP contribution in [0.3, 0.4) is 0 Å². The van der Waals surface area contributed by atoms with Crippen LogP contribution < -0.4 is 4.90 Å². The van der Waals surface area contributed by atoms with Crippen molar-refractivity contribution in [3.63, 3.8) is 0 Å². The molecule has 3 aliphatic heterocycles. The molecule has 1 N–H and O–H groups in total. The van der Waals surface area contributed by atoms with Gasteiger partial charge in [0.1, 0.15) is 0 Å². The van der Waals surface area contributed by atoms with Gasteiger partial charge < -0.3 is 14.7 Å². The topological polar surface area (TPSA) is 35.9 Å². The van der Waals surface area contributed by atoms with E-state index in [-0.39, 0.29) is 12.0 Å². The Hall–Kier alpha value is -1.24. The number of fused-ring (bicyclic) bond motifs is 1. The van der Waals surface area contributed by atoms with Crippen molar-refractivity contribution in [1.82, 2.24) is 4.90 Å². The average Bonchev–Trinajstić information content (AvgIpc) is 3.04. The Morgan fingerprint density at radius 1 is 1.20 bits per heavy atom. The van der Waals surface area contributed by atoms with Crippen LogP contribution in [0.4, 0.5) is 14.5 Å². The third-order valence-corrected chi connectivity index (χ3v) is 6.47. The van der Waals surface area contributed by atoms with E-state index in [1.807, 2.05) is 0 Å². The minimum Gasteiger partial charge on any atom is -0.396 e. The molecule has 3 saturated heterocycles. The van der Waals surface area contributed by atoms with Gasteiger partial charge in [0.15, 0.2) is 11.6 Å². The van der Waals surface area contributed by atoms with Crippen LogP contribution >= 0.6 is 0 Å². The van der Waals surface area contributed by atoms with Gasteiger partial charge in [0.25, 0.3) is 0 Å². The maximum atomic E-state index is 13.5. The molecule has 3 heterocycles. The highest BCUT2D eigenvalue weighted by Crippen LogP contribution is 2.43. The summed E-state index contributed by atoms with van der Waals surface area (Å²) in [7, 11) is 0. The van der Waals surface area contributed by atoms with E-state index >= 15 is 0 Å². The second-order valence-electron chi connectivity index (χ2n) is 7.79. The van der Waals surface area contributed by atoms with Crippen molar-refractivity contribution in [3.05, 3.63) is 29.8 Å². The first-order valence-corrected chi connectivity index (χ1v) is 9.24. The lowest BCUT2D eigenvalue weighted by Crippen LogP contribution is -2.45. The summed E-state index contributed by atoms with van der Waals surface area (Å²) in [6.07, 6.45) is 2.96. The van der Waals surface area contributed by atoms with Gasteiger partial charge in [-0.25, -0.2) is 8.78 Å². The molecular formula is C19H26F2N2O2. The van der Waals surface area contributed by atoms with Gasteiger partial charge in [-0.15, -0.1) is 0 Å². The molecule has 2 atom stereocenters. The molecule has 0 radical (unpaired) electrons. The van der Waals surface area contributed by atoms with Crippen molar-refractivity contribution in [2.75, 3.05) is 50.9 Å². The van der Waals surface area contributed by atoms with E-state index in [9.17, 15) is 13.9 Å². The van der Waals surface area contributed by atoms with E-state index < -0.39 is 11.6 Å². The zero-order valence-corrected chi connectivity index (χ0v) is 14.5. The van der Waals surface area contributed by atoms with Crippen molar-refractivity contribution in [1.29, 1.82) is 0 Å². The number of benzene rings is 1. The number of aliphatic hydroxyl groups excluding tert-OH is 1. The zero-order chi connectivity index (χ0) is 17.4. The predicted molar refractivity (Wildman–Crippen MR) is 91.6 cm³/mol. The maximum Gasteiger partial charge on any atom is 0.160 e. The summed E-state index contributed by atoms with van der Waals surface area (Å²) >= 11 is 0. The van der Waals surface area contributed by atoms with E-state index in [0.29, 0.717) is 12.0 Å². The lowest BCUT2D eigenvalue weighted by atomic mass is 9.75. The number of hydrogen-bond donors (Lipinski definition) is 1. The zero-order valence-electron chi connectivity index (χ0n) is 14.5. The fraction of sp³-hybridized carbons (Fsp3) is 0.684. The molecule has 0 aliphatic carbocycles. The van der Waals surface area contributed by atoms with Gasteiger partial charge >= 0.3 is 0 Å². The summed E-state index contributed by atoms with van der Waals surface area (Å²) < 4.78 is 32.2. The first kappa shape index (κ1) is 17.2. The fourth-order valence-corrected chi connectivity index (χ4v) is 4.80. The Bertz CT molecular complexity index is 621. The minimum absolute atomic E-state index is 0.00939. The molecule has 138 valence electrons. The smallest absolute Gasteiger partial charge is 0.160 e. The van der Waals surface area contributed by atoms with E-state index in [0.717, 1.165) is 64.3 Å².